The standard InChI is InChI=1S/C13H28N2O2/c1-3-13-11-14(6-4-5-9-16)7-8-15(13)10-12(2)17/h12-13,16-17H,3-11H2,1-2H3/t12-,13+/m1/s1. The second kappa shape index (κ2) is 8.03. The number of hydrogen-bond donors (Lipinski definition) is 2. The van der Waals surface area contributed by atoms with E-state index in [1.54, 1.807) is 0 Å². The fraction of sp³-hybridized carbons (Fsp3) is 1.00. The largest absolute Gasteiger partial charge is 0.396 e. The van der Waals surface area contributed by atoms with Gasteiger partial charge in [-0.2, -0.15) is 0 Å². The van der Waals surface area contributed by atoms with Gasteiger partial charge in [-0.3, -0.25) is 4.90 Å². The van der Waals surface area contributed by atoms with Crippen molar-refractivity contribution in [3.8, 4) is 0 Å². The Morgan fingerprint density at radius 3 is 2.65 bits per heavy atom. The van der Waals surface area contributed by atoms with E-state index < -0.39 is 0 Å². The van der Waals surface area contributed by atoms with Gasteiger partial charge in [-0.25, -0.2) is 0 Å². The van der Waals surface area contributed by atoms with Crippen LogP contribution in [0.25, 0.3) is 0 Å². The summed E-state index contributed by atoms with van der Waals surface area (Å²) in [5, 5.41) is 18.3. The molecule has 0 saturated carbocycles. The van der Waals surface area contributed by atoms with Crippen LogP contribution in [0.15, 0.2) is 0 Å². The second-order valence-corrected chi connectivity index (χ2v) is 5.14. The fourth-order valence-corrected chi connectivity index (χ4v) is 2.57. The van der Waals surface area contributed by atoms with Crippen molar-refractivity contribution in [2.24, 2.45) is 0 Å². The molecule has 1 aliphatic heterocycles. The molecule has 1 saturated heterocycles. The van der Waals surface area contributed by atoms with Crippen molar-refractivity contribution in [2.75, 3.05) is 39.3 Å². The monoisotopic (exact) mass is 244 g/mol. The molecule has 17 heavy (non-hydrogen) atoms. The summed E-state index contributed by atoms with van der Waals surface area (Å²) in [7, 11) is 0. The minimum Gasteiger partial charge on any atom is -0.396 e. The molecule has 1 rings (SSSR count). The number of nitrogens with zero attached hydrogens (tertiary/aromatic N) is 2. The van der Waals surface area contributed by atoms with E-state index in [1.165, 1.54) is 0 Å². The van der Waals surface area contributed by atoms with Crippen molar-refractivity contribution in [2.45, 2.75) is 45.3 Å². The average Bonchev–Trinajstić information content (AvgIpc) is 2.30. The molecule has 0 aliphatic carbocycles. The summed E-state index contributed by atoms with van der Waals surface area (Å²) < 4.78 is 0. The number of aliphatic hydroxyl groups excluding tert-OH is 2. The van der Waals surface area contributed by atoms with E-state index in [9.17, 15) is 5.11 Å². The van der Waals surface area contributed by atoms with Crippen LogP contribution in [0.2, 0.25) is 0 Å². The van der Waals surface area contributed by atoms with Crippen molar-refractivity contribution in [3.05, 3.63) is 0 Å². The maximum atomic E-state index is 9.47. The maximum absolute atomic E-state index is 9.47. The molecule has 0 bridgehead atoms. The van der Waals surface area contributed by atoms with E-state index in [-0.39, 0.29) is 6.10 Å². The molecule has 0 aromatic heterocycles. The Hall–Kier alpha value is -0.160. The van der Waals surface area contributed by atoms with E-state index in [1.807, 2.05) is 6.92 Å². The maximum Gasteiger partial charge on any atom is 0.0639 e. The average molecular weight is 244 g/mol. The van der Waals surface area contributed by atoms with Gasteiger partial charge >= 0.3 is 0 Å². The first kappa shape index (κ1) is 14.9. The third-order valence-corrected chi connectivity index (χ3v) is 3.54. The summed E-state index contributed by atoms with van der Waals surface area (Å²) in [5.41, 5.74) is 0. The van der Waals surface area contributed by atoms with Gasteiger partial charge in [-0.05, 0) is 32.7 Å². The van der Waals surface area contributed by atoms with Crippen molar-refractivity contribution < 1.29 is 10.2 Å². The zero-order chi connectivity index (χ0) is 12.7. The predicted octanol–water partition coefficient (Wildman–Crippen LogP) is 0.536. The van der Waals surface area contributed by atoms with Crippen LogP contribution in [0, 0.1) is 0 Å². The minimum absolute atomic E-state index is 0.231. The lowest BCUT2D eigenvalue weighted by Gasteiger charge is -2.41. The minimum atomic E-state index is -0.231. The summed E-state index contributed by atoms with van der Waals surface area (Å²) in [6.07, 6.45) is 2.90. The highest BCUT2D eigenvalue weighted by Gasteiger charge is 2.25. The van der Waals surface area contributed by atoms with Crippen molar-refractivity contribution in [3.63, 3.8) is 0 Å². The van der Waals surface area contributed by atoms with E-state index in [2.05, 4.69) is 16.7 Å². The molecule has 0 unspecified atom stereocenters. The zero-order valence-corrected chi connectivity index (χ0v) is 11.3. The van der Waals surface area contributed by atoms with Gasteiger partial charge in [0.05, 0.1) is 6.10 Å². The number of aliphatic hydroxyl groups is 2. The molecule has 0 spiro atoms. The summed E-state index contributed by atoms with van der Waals surface area (Å²) in [4.78, 5) is 4.90. The van der Waals surface area contributed by atoms with Crippen LogP contribution < -0.4 is 0 Å². The Labute approximate surface area is 105 Å². The first-order chi connectivity index (χ1) is 8.17. The highest BCUT2D eigenvalue weighted by Crippen LogP contribution is 2.13. The number of hydrogen-bond acceptors (Lipinski definition) is 4. The molecule has 0 aromatic carbocycles. The Morgan fingerprint density at radius 2 is 2.06 bits per heavy atom. The van der Waals surface area contributed by atoms with Gasteiger partial charge in [0.25, 0.3) is 0 Å². The second-order valence-electron chi connectivity index (χ2n) is 5.14. The molecular formula is C13H28N2O2. The van der Waals surface area contributed by atoms with Crippen LogP contribution >= 0.6 is 0 Å². The Bertz CT molecular complexity index is 200. The van der Waals surface area contributed by atoms with Gasteiger partial charge < -0.3 is 15.1 Å². The van der Waals surface area contributed by atoms with Crippen molar-refractivity contribution in [1.82, 2.24) is 9.80 Å². The summed E-state index contributed by atoms with van der Waals surface area (Å²) in [6.45, 7) is 9.53. The normalized spacial score (nSPS) is 25.1. The summed E-state index contributed by atoms with van der Waals surface area (Å²) in [5.74, 6) is 0. The zero-order valence-electron chi connectivity index (χ0n) is 11.3. The lowest BCUT2D eigenvalue weighted by Crippen LogP contribution is -2.54. The summed E-state index contributed by atoms with van der Waals surface area (Å²) >= 11 is 0. The van der Waals surface area contributed by atoms with Gasteiger partial charge in [0.2, 0.25) is 0 Å². The highest BCUT2D eigenvalue weighted by atomic mass is 16.3. The van der Waals surface area contributed by atoms with Crippen LogP contribution in [-0.4, -0.2) is 71.5 Å². The molecule has 0 radical (unpaired) electrons. The van der Waals surface area contributed by atoms with Crippen LogP contribution in [0.5, 0.6) is 0 Å². The lowest BCUT2D eigenvalue weighted by molar-refractivity contribution is 0.0357. The Balaban J connectivity index is 2.32. The molecule has 1 aliphatic rings. The SMILES string of the molecule is CC[C@H]1CN(CCCCO)CCN1C[C@@H](C)O. The topological polar surface area (TPSA) is 46.9 Å². The predicted molar refractivity (Wildman–Crippen MR) is 70.1 cm³/mol. The number of β-amino-alcohol motifs (C(OH)–C–C–N with tert-alkyl or cyclic N) is 1. The Morgan fingerprint density at radius 1 is 1.29 bits per heavy atom. The highest BCUT2D eigenvalue weighted by molar-refractivity contribution is 4.82. The molecule has 0 amide bonds. The van der Waals surface area contributed by atoms with Crippen LogP contribution in [0.3, 0.4) is 0 Å². The number of rotatable bonds is 7. The quantitative estimate of drug-likeness (QED) is 0.642. The van der Waals surface area contributed by atoms with Gasteiger partial charge in [-0.1, -0.05) is 6.92 Å². The van der Waals surface area contributed by atoms with Gasteiger partial charge in [0.1, 0.15) is 0 Å². The third-order valence-electron chi connectivity index (χ3n) is 3.54. The van der Waals surface area contributed by atoms with Crippen LogP contribution in [0.1, 0.15) is 33.1 Å². The molecule has 4 heteroatoms. The molecule has 0 aromatic rings. The van der Waals surface area contributed by atoms with E-state index >= 15 is 0 Å². The Kier molecular flexibility index (Phi) is 7.04. The third kappa shape index (κ3) is 5.34. The molecule has 1 heterocycles. The smallest absolute Gasteiger partial charge is 0.0639 e. The fourth-order valence-electron chi connectivity index (χ4n) is 2.57. The molecule has 2 atom stereocenters. The summed E-state index contributed by atoms with van der Waals surface area (Å²) in [6, 6.07) is 0.576. The van der Waals surface area contributed by atoms with Crippen molar-refractivity contribution >= 4 is 0 Å². The molecule has 2 N–H and O–H groups in total. The van der Waals surface area contributed by atoms with E-state index in [0.29, 0.717) is 12.6 Å². The first-order valence-electron chi connectivity index (χ1n) is 6.92. The molecule has 1 fully saturated rings. The lowest BCUT2D eigenvalue weighted by atomic mass is 10.1. The van der Waals surface area contributed by atoms with Crippen LogP contribution in [-0.2, 0) is 0 Å². The van der Waals surface area contributed by atoms with Crippen LogP contribution in [0.4, 0.5) is 0 Å². The van der Waals surface area contributed by atoms with Gasteiger partial charge in [0, 0.05) is 38.8 Å². The molecule has 102 valence electrons. The number of unbranched alkanes of at least 4 members (excludes halogenated alkanes) is 1. The van der Waals surface area contributed by atoms with Crippen molar-refractivity contribution in [1.29, 1.82) is 0 Å². The van der Waals surface area contributed by atoms with Gasteiger partial charge in [-0.15, -0.1) is 0 Å². The molecular weight excluding hydrogens is 216 g/mol. The number of piperazine rings is 1. The van der Waals surface area contributed by atoms with E-state index in [0.717, 1.165) is 52.0 Å². The van der Waals surface area contributed by atoms with Gasteiger partial charge in [0.15, 0.2) is 0 Å². The molecule has 4 nitrogen and oxygen atoms in total. The first-order valence-corrected chi connectivity index (χ1v) is 6.92. The van der Waals surface area contributed by atoms with E-state index in [4.69, 9.17) is 5.11 Å².